The van der Waals surface area contributed by atoms with Crippen LogP contribution in [0.3, 0.4) is 0 Å². The number of hydrogen-bond donors (Lipinski definition) is 1. The summed E-state index contributed by atoms with van der Waals surface area (Å²) in [5.74, 6) is -2.21. The summed E-state index contributed by atoms with van der Waals surface area (Å²) in [6, 6.07) is 6.02. The maximum absolute atomic E-state index is 14.0. The standard InChI is InChI=1S/C16H14F2N4O4S2/c1-28(24,25)22(12-5-4-10(17)7-11(12)18)9-14(23)19-8-15-20-16(21-26-15)13-3-2-6-27-13/h2-7H,8-9H2,1H3,(H,19,23). The number of benzene rings is 1. The van der Waals surface area contributed by atoms with E-state index in [1.54, 1.807) is 6.07 Å². The molecule has 0 spiro atoms. The summed E-state index contributed by atoms with van der Waals surface area (Å²) in [5.41, 5.74) is -0.433. The molecule has 148 valence electrons. The third-order valence-corrected chi connectivity index (χ3v) is 5.50. The lowest BCUT2D eigenvalue weighted by atomic mass is 10.3. The molecule has 2 aromatic heterocycles. The van der Waals surface area contributed by atoms with Gasteiger partial charge < -0.3 is 9.84 Å². The van der Waals surface area contributed by atoms with Crippen LogP contribution >= 0.6 is 11.3 Å². The highest BCUT2D eigenvalue weighted by molar-refractivity contribution is 7.92. The third-order valence-electron chi connectivity index (χ3n) is 3.51. The molecule has 12 heteroatoms. The summed E-state index contributed by atoms with van der Waals surface area (Å²) >= 11 is 1.42. The first-order valence-electron chi connectivity index (χ1n) is 7.80. The highest BCUT2D eigenvalue weighted by Crippen LogP contribution is 2.23. The fourth-order valence-electron chi connectivity index (χ4n) is 2.26. The Morgan fingerprint density at radius 1 is 1.32 bits per heavy atom. The van der Waals surface area contributed by atoms with E-state index >= 15 is 0 Å². The Kier molecular flexibility index (Phi) is 5.70. The van der Waals surface area contributed by atoms with Gasteiger partial charge in [0.15, 0.2) is 0 Å². The number of carbonyl (C=O) groups is 1. The van der Waals surface area contributed by atoms with E-state index in [1.165, 1.54) is 11.3 Å². The number of halogens is 2. The van der Waals surface area contributed by atoms with Crippen LogP contribution in [0.15, 0.2) is 40.2 Å². The van der Waals surface area contributed by atoms with E-state index in [2.05, 4.69) is 15.5 Å². The van der Waals surface area contributed by atoms with Gasteiger partial charge in [-0.15, -0.1) is 11.3 Å². The summed E-state index contributed by atoms with van der Waals surface area (Å²) in [7, 11) is -4.00. The minimum Gasteiger partial charge on any atom is -0.345 e. The molecule has 0 aliphatic carbocycles. The maximum atomic E-state index is 14.0. The van der Waals surface area contributed by atoms with Crippen molar-refractivity contribution in [2.45, 2.75) is 6.54 Å². The van der Waals surface area contributed by atoms with Gasteiger partial charge in [-0.25, -0.2) is 17.2 Å². The van der Waals surface area contributed by atoms with Crippen molar-refractivity contribution >= 4 is 33.0 Å². The Bertz CT molecular complexity index is 1080. The molecule has 0 aliphatic rings. The lowest BCUT2D eigenvalue weighted by molar-refractivity contribution is -0.119. The molecule has 0 saturated carbocycles. The monoisotopic (exact) mass is 428 g/mol. The van der Waals surface area contributed by atoms with Crippen LogP contribution in [-0.4, -0.2) is 37.3 Å². The molecule has 0 fully saturated rings. The van der Waals surface area contributed by atoms with Crippen LogP contribution in [0.4, 0.5) is 14.5 Å². The van der Waals surface area contributed by atoms with E-state index in [9.17, 15) is 22.0 Å². The van der Waals surface area contributed by atoms with Gasteiger partial charge in [0.25, 0.3) is 0 Å². The van der Waals surface area contributed by atoms with Gasteiger partial charge in [-0.1, -0.05) is 11.2 Å². The third kappa shape index (κ3) is 4.70. The Morgan fingerprint density at radius 2 is 2.11 bits per heavy atom. The van der Waals surface area contributed by atoms with Gasteiger partial charge in [0, 0.05) is 6.07 Å². The van der Waals surface area contributed by atoms with Gasteiger partial charge in [0.2, 0.25) is 27.6 Å². The molecule has 0 radical (unpaired) electrons. The van der Waals surface area contributed by atoms with Crippen molar-refractivity contribution in [3.63, 3.8) is 0 Å². The number of thiophene rings is 1. The number of hydrogen-bond acceptors (Lipinski definition) is 7. The van der Waals surface area contributed by atoms with Gasteiger partial charge in [0.1, 0.15) is 18.2 Å². The molecule has 8 nitrogen and oxygen atoms in total. The zero-order valence-corrected chi connectivity index (χ0v) is 16.1. The fourth-order valence-corrected chi connectivity index (χ4v) is 3.76. The smallest absolute Gasteiger partial charge is 0.246 e. The van der Waals surface area contributed by atoms with Crippen LogP contribution in [0.5, 0.6) is 0 Å². The first-order chi connectivity index (χ1) is 13.2. The molecule has 0 saturated heterocycles. The quantitative estimate of drug-likeness (QED) is 0.618. The largest absolute Gasteiger partial charge is 0.345 e. The van der Waals surface area contributed by atoms with Crippen molar-refractivity contribution in [3.05, 3.63) is 53.2 Å². The van der Waals surface area contributed by atoms with Crippen molar-refractivity contribution in [1.82, 2.24) is 15.5 Å². The average molecular weight is 428 g/mol. The highest BCUT2D eigenvalue weighted by atomic mass is 32.2. The number of sulfonamides is 1. The Labute approximate surface area is 162 Å². The maximum Gasteiger partial charge on any atom is 0.246 e. The molecule has 1 aromatic carbocycles. The van der Waals surface area contributed by atoms with Crippen molar-refractivity contribution in [1.29, 1.82) is 0 Å². The second kappa shape index (κ2) is 8.02. The summed E-state index contributed by atoms with van der Waals surface area (Å²) in [4.78, 5) is 17.1. The van der Waals surface area contributed by atoms with E-state index in [-0.39, 0.29) is 12.4 Å². The summed E-state index contributed by atoms with van der Waals surface area (Å²) in [5, 5.41) is 8.06. The normalized spacial score (nSPS) is 11.4. The lowest BCUT2D eigenvalue weighted by Gasteiger charge is -2.22. The number of carbonyl (C=O) groups excluding carboxylic acids is 1. The summed E-state index contributed by atoms with van der Waals surface area (Å²) in [6.45, 7) is -0.839. The zero-order chi connectivity index (χ0) is 20.3. The number of nitrogens with zero attached hydrogens (tertiary/aromatic N) is 3. The number of nitrogens with one attached hydrogen (secondary N) is 1. The molecule has 0 aliphatic heterocycles. The second-order valence-electron chi connectivity index (χ2n) is 5.63. The number of rotatable bonds is 7. The molecule has 1 N–H and O–H groups in total. The van der Waals surface area contributed by atoms with Crippen LogP contribution in [-0.2, 0) is 21.4 Å². The molecule has 0 unspecified atom stereocenters. The van der Waals surface area contributed by atoms with Crippen molar-refractivity contribution in [2.75, 3.05) is 17.1 Å². The molecule has 28 heavy (non-hydrogen) atoms. The molecule has 3 rings (SSSR count). The van der Waals surface area contributed by atoms with Gasteiger partial charge >= 0.3 is 0 Å². The van der Waals surface area contributed by atoms with Gasteiger partial charge in [-0.3, -0.25) is 9.10 Å². The molecule has 0 bridgehead atoms. The van der Waals surface area contributed by atoms with Crippen molar-refractivity contribution in [2.24, 2.45) is 0 Å². The molecule has 2 heterocycles. The molecular formula is C16H14F2N4O4S2. The summed E-state index contributed by atoms with van der Waals surface area (Å²) < 4.78 is 56.5. The van der Waals surface area contributed by atoms with Gasteiger partial charge in [-0.2, -0.15) is 4.98 Å². The highest BCUT2D eigenvalue weighted by Gasteiger charge is 2.24. The molecule has 3 aromatic rings. The number of aromatic nitrogens is 2. The van der Waals surface area contributed by atoms with E-state index in [4.69, 9.17) is 4.52 Å². The fraction of sp³-hybridized carbons (Fsp3) is 0.188. The Morgan fingerprint density at radius 3 is 2.75 bits per heavy atom. The van der Waals surface area contributed by atoms with E-state index in [1.807, 2.05) is 11.4 Å². The van der Waals surface area contributed by atoms with E-state index in [0.29, 0.717) is 16.2 Å². The Hall–Kier alpha value is -2.86. The first kappa shape index (κ1) is 19.9. The van der Waals surface area contributed by atoms with Crippen LogP contribution in [0.25, 0.3) is 10.7 Å². The number of anilines is 1. The predicted octanol–water partition coefficient (Wildman–Crippen LogP) is 2.16. The average Bonchev–Trinajstić information content (AvgIpc) is 3.29. The first-order valence-corrected chi connectivity index (χ1v) is 10.5. The topological polar surface area (TPSA) is 105 Å². The molecule has 1 amide bonds. The lowest BCUT2D eigenvalue weighted by Crippen LogP contribution is -2.40. The zero-order valence-electron chi connectivity index (χ0n) is 14.4. The van der Waals surface area contributed by atoms with E-state index < -0.39 is 39.8 Å². The summed E-state index contributed by atoms with van der Waals surface area (Å²) in [6.07, 6.45) is 0.814. The molecular weight excluding hydrogens is 414 g/mol. The van der Waals surface area contributed by atoms with E-state index in [0.717, 1.165) is 23.3 Å². The van der Waals surface area contributed by atoms with Crippen molar-refractivity contribution < 1.29 is 26.5 Å². The predicted molar refractivity (Wildman–Crippen MR) is 98.0 cm³/mol. The number of amides is 1. The van der Waals surface area contributed by atoms with Crippen LogP contribution in [0.1, 0.15) is 5.89 Å². The SMILES string of the molecule is CS(=O)(=O)N(CC(=O)NCc1nc(-c2cccs2)no1)c1ccc(F)cc1F. The minimum absolute atomic E-state index is 0.121. The van der Waals surface area contributed by atoms with Crippen LogP contribution in [0, 0.1) is 11.6 Å². The van der Waals surface area contributed by atoms with Gasteiger partial charge in [0.05, 0.1) is 23.4 Å². The Balaban J connectivity index is 1.68. The van der Waals surface area contributed by atoms with Crippen molar-refractivity contribution in [3.8, 4) is 10.7 Å². The second-order valence-corrected chi connectivity index (χ2v) is 8.49. The minimum atomic E-state index is -4.00. The molecule has 0 atom stereocenters. The van der Waals surface area contributed by atoms with Crippen LogP contribution in [0.2, 0.25) is 0 Å². The van der Waals surface area contributed by atoms with Gasteiger partial charge in [-0.05, 0) is 23.6 Å². The van der Waals surface area contributed by atoms with Crippen LogP contribution < -0.4 is 9.62 Å².